The number of hydrogen-bond acceptors (Lipinski definition) is 5. The molecule has 0 atom stereocenters. The Hall–Kier alpha value is -4.66. The third-order valence-corrected chi connectivity index (χ3v) is 5.91. The van der Waals surface area contributed by atoms with Gasteiger partial charge in [0.2, 0.25) is 0 Å². The summed E-state index contributed by atoms with van der Waals surface area (Å²) < 4.78 is 7.83. The maximum absolute atomic E-state index is 12.9. The van der Waals surface area contributed by atoms with Crippen molar-refractivity contribution in [2.75, 3.05) is 5.32 Å². The minimum Gasteiger partial charge on any atom is -0.457 e. The first-order valence-corrected chi connectivity index (χ1v) is 12.0. The van der Waals surface area contributed by atoms with Gasteiger partial charge >= 0.3 is 6.03 Å². The first kappa shape index (κ1) is 24.1. The van der Waals surface area contributed by atoms with Gasteiger partial charge in [0.25, 0.3) is 0 Å². The van der Waals surface area contributed by atoms with Crippen molar-refractivity contribution >= 4 is 22.8 Å². The number of amides is 2. The highest BCUT2D eigenvalue weighted by atomic mass is 16.5. The predicted octanol–water partition coefficient (Wildman–Crippen LogP) is 5.86. The lowest BCUT2D eigenvalue weighted by molar-refractivity contribution is 0.251. The van der Waals surface area contributed by atoms with Crippen molar-refractivity contribution in [3.05, 3.63) is 90.0 Å². The van der Waals surface area contributed by atoms with E-state index in [1.54, 1.807) is 17.1 Å². The fourth-order valence-electron chi connectivity index (χ4n) is 3.82. The zero-order chi connectivity index (χ0) is 26.0. The molecule has 0 saturated carbocycles. The molecule has 0 saturated heterocycles. The standard InChI is InChI=1S/C28H29N7O2/c1-18-9-10-21(17-29-18)35-26(14-25(34-35)28(2,3)4)32-27(36)30-15-19-7-5-6-8-24(19)37-22-11-12-23-20(13-22)16-31-33-23/h5-14,16-17H,15H2,1-4H3,(H,31,33)(H2,30,32,36). The van der Waals surface area contributed by atoms with E-state index in [9.17, 15) is 4.79 Å². The number of hydrogen-bond donors (Lipinski definition) is 3. The van der Waals surface area contributed by atoms with Crippen molar-refractivity contribution in [3.8, 4) is 17.2 Å². The molecule has 5 rings (SSSR count). The number of ether oxygens (including phenoxy) is 1. The molecule has 5 aromatic rings. The highest BCUT2D eigenvalue weighted by Crippen LogP contribution is 2.28. The molecule has 3 aromatic heterocycles. The monoisotopic (exact) mass is 495 g/mol. The normalized spacial score (nSPS) is 11.5. The van der Waals surface area contributed by atoms with Gasteiger partial charge in [-0.2, -0.15) is 10.2 Å². The molecule has 0 aliphatic carbocycles. The molecule has 0 aliphatic heterocycles. The van der Waals surface area contributed by atoms with E-state index in [4.69, 9.17) is 9.84 Å². The van der Waals surface area contributed by atoms with Crippen LogP contribution in [0.5, 0.6) is 11.5 Å². The van der Waals surface area contributed by atoms with Gasteiger partial charge in [0, 0.05) is 34.7 Å². The summed E-state index contributed by atoms with van der Waals surface area (Å²) in [5, 5.41) is 18.6. The Balaban J connectivity index is 1.31. The summed E-state index contributed by atoms with van der Waals surface area (Å²) in [5.74, 6) is 1.92. The molecule has 3 N–H and O–H groups in total. The zero-order valence-corrected chi connectivity index (χ0v) is 21.2. The number of benzene rings is 2. The number of urea groups is 1. The number of anilines is 1. The maximum atomic E-state index is 12.9. The summed E-state index contributed by atoms with van der Waals surface area (Å²) in [5.41, 5.74) is 4.13. The summed E-state index contributed by atoms with van der Waals surface area (Å²) in [6.45, 7) is 8.45. The van der Waals surface area contributed by atoms with Crippen LogP contribution in [0.3, 0.4) is 0 Å². The molecular weight excluding hydrogens is 466 g/mol. The average molecular weight is 496 g/mol. The summed E-state index contributed by atoms with van der Waals surface area (Å²) in [6.07, 6.45) is 3.49. The summed E-state index contributed by atoms with van der Waals surface area (Å²) in [6, 6.07) is 18.7. The van der Waals surface area contributed by atoms with Crippen molar-refractivity contribution in [2.45, 2.75) is 39.7 Å². The fraction of sp³-hybridized carbons (Fsp3) is 0.214. The van der Waals surface area contributed by atoms with Gasteiger partial charge in [-0.25, -0.2) is 9.48 Å². The number of aromatic amines is 1. The largest absolute Gasteiger partial charge is 0.457 e. The van der Waals surface area contributed by atoms with Crippen molar-refractivity contribution in [3.63, 3.8) is 0 Å². The second kappa shape index (κ2) is 9.77. The molecule has 188 valence electrons. The Morgan fingerprint density at radius 2 is 1.89 bits per heavy atom. The van der Waals surface area contributed by atoms with Gasteiger partial charge in [-0.15, -0.1) is 0 Å². The number of pyridine rings is 1. The topological polar surface area (TPSA) is 110 Å². The fourth-order valence-corrected chi connectivity index (χ4v) is 3.82. The zero-order valence-electron chi connectivity index (χ0n) is 21.2. The second-order valence-electron chi connectivity index (χ2n) is 9.87. The Kier molecular flexibility index (Phi) is 6.35. The van der Waals surface area contributed by atoms with Gasteiger partial charge in [0.1, 0.15) is 17.3 Å². The van der Waals surface area contributed by atoms with Crippen LogP contribution in [0.4, 0.5) is 10.6 Å². The molecule has 2 amide bonds. The average Bonchev–Trinajstić information content (AvgIpc) is 3.51. The van der Waals surface area contributed by atoms with E-state index in [1.807, 2.05) is 67.6 Å². The van der Waals surface area contributed by atoms with Gasteiger partial charge < -0.3 is 10.1 Å². The number of nitrogens with one attached hydrogen (secondary N) is 3. The molecule has 9 nitrogen and oxygen atoms in total. The van der Waals surface area contributed by atoms with E-state index >= 15 is 0 Å². The van der Waals surface area contributed by atoms with Gasteiger partial charge in [-0.3, -0.25) is 15.4 Å². The highest BCUT2D eigenvalue weighted by Gasteiger charge is 2.21. The number of nitrogens with zero attached hydrogens (tertiary/aromatic N) is 4. The molecular formula is C28H29N7O2. The SMILES string of the molecule is Cc1ccc(-n2nc(C(C)(C)C)cc2NC(=O)NCc2ccccc2Oc2ccc3[nH]ncc3c2)cn1. The Morgan fingerprint density at radius 3 is 2.68 bits per heavy atom. The Labute approximate surface area is 214 Å². The third kappa shape index (κ3) is 5.45. The van der Waals surface area contributed by atoms with Crippen molar-refractivity contribution in [1.29, 1.82) is 0 Å². The second-order valence-corrected chi connectivity index (χ2v) is 9.87. The van der Waals surface area contributed by atoms with Gasteiger partial charge in [-0.05, 0) is 43.3 Å². The number of rotatable bonds is 6. The summed E-state index contributed by atoms with van der Waals surface area (Å²) >= 11 is 0. The maximum Gasteiger partial charge on any atom is 0.320 e. The number of aromatic nitrogens is 5. The van der Waals surface area contributed by atoms with Crippen LogP contribution in [0.25, 0.3) is 16.6 Å². The van der Waals surface area contributed by atoms with Crippen LogP contribution >= 0.6 is 0 Å². The molecule has 0 radical (unpaired) electrons. The van der Waals surface area contributed by atoms with E-state index in [0.717, 1.165) is 33.5 Å². The number of carbonyl (C=O) groups is 1. The van der Waals surface area contributed by atoms with Crippen molar-refractivity contribution < 1.29 is 9.53 Å². The van der Waals surface area contributed by atoms with E-state index < -0.39 is 0 Å². The highest BCUT2D eigenvalue weighted by molar-refractivity contribution is 5.88. The van der Waals surface area contributed by atoms with Gasteiger partial charge in [0.15, 0.2) is 0 Å². The molecule has 37 heavy (non-hydrogen) atoms. The first-order valence-electron chi connectivity index (χ1n) is 12.0. The molecule has 0 fully saturated rings. The van der Waals surface area contributed by atoms with E-state index in [2.05, 4.69) is 46.6 Å². The van der Waals surface area contributed by atoms with Crippen LogP contribution in [0.15, 0.2) is 73.1 Å². The smallest absolute Gasteiger partial charge is 0.320 e. The number of H-pyrrole nitrogens is 1. The molecule has 0 aliphatic rings. The van der Waals surface area contributed by atoms with Crippen LogP contribution < -0.4 is 15.4 Å². The van der Waals surface area contributed by atoms with Crippen LogP contribution in [-0.2, 0) is 12.0 Å². The lowest BCUT2D eigenvalue weighted by Gasteiger charge is -2.14. The summed E-state index contributed by atoms with van der Waals surface area (Å²) in [4.78, 5) is 17.3. The third-order valence-electron chi connectivity index (χ3n) is 5.91. The van der Waals surface area contributed by atoms with E-state index in [-0.39, 0.29) is 18.0 Å². The number of carbonyl (C=O) groups excluding carboxylic acids is 1. The Morgan fingerprint density at radius 1 is 1.05 bits per heavy atom. The number of aryl methyl sites for hydroxylation is 1. The first-order chi connectivity index (χ1) is 17.8. The van der Waals surface area contributed by atoms with Crippen LogP contribution in [0, 0.1) is 6.92 Å². The molecule has 0 spiro atoms. The Bertz CT molecular complexity index is 1550. The van der Waals surface area contributed by atoms with Crippen molar-refractivity contribution in [2.24, 2.45) is 0 Å². The minimum absolute atomic E-state index is 0.188. The molecule has 3 heterocycles. The van der Waals surface area contributed by atoms with E-state index in [1.165, 1.54) is 0 Å². The molecule has 0 bridgehead atoms. The van der Waals surface area contributed by atoms with Gasteiger partial charge in [0.05, 0.1) is 29.3 Å². The minimum atomic E-state index is -0.351. The van der Waals surface area contributed by atoms with E-state index in [0.29, 0.717) is 17.3 Å². The van der Waals surface area contributed by atoms with Crippen LogP contribution in [0.2, 0.25) is 0 Å². The lowest BCUT2D eigenvalue weighted by Crippen LogP contribution is -2.29. The number of para-hydroxylation sites is 1. The summed E-state index contributed by atoms with van der Waals surface area (Å²) in [7, 11) is 0. The van der Waals surface area contributed by atoms with Crippen LogP contribution in [-0.4, -0.2) is 31.0 Å². The number of fused-ring (bicyclic) bond motifs is 1. The quantitative estimate of drug-likeness (QED) is 0.273. The van der Waals surface area contributed by atoms with Gasteiger partial charge in [-0.1, -0.05) is 39.0 Å². The lowest BCUT2D eigenvalue weighted by atomic mass is 9.92. The van der Waals surface area contributed by atoms with Crippen LogP contribution in [0.1, 0.15) is 37.7 Å². The molecule has 9 heteroatoms. The molecule has 0 unspecified atom stereocenters. The molecule has 2 aromatic carbocycles. The van der Waals surface area contributed by atoms with Crippen molar-refractivity contribution in [1.82, 2.24) is 30.3 Å². The predicted molar refractivity (Wildman–Crippen MR) is 143 cm³/mol.